The minimum atomic E-state index is -0.812. The van der Waals surface area contributed by atoms with Crippen molar-refractivity contribution in [1.29, 1.82) is 0 Å². The summed E-state index contributed by atoms with van der Waals surface area (Å²) in [5.41, 5.74) is -0.00687. The maximum atomic E-state index is 11.7. The number of aliphatic hydroxyl groups excluding tert-OH is 2. The number of nitrogens with zero attached hydrogens (tertiary/aromatic N) is 3. The molecule has 3 atom stereocenters. The number of halogens is 1. The van der Waals surface area contributed by atoms with Crippen molar-refractivity contribution in [3.63, 3.8) is 0 Å². The molecule has 8 nitrogen and oxygen atoms in total. The highest BCUT2D eigenvalue weighted by Crippen LogP contribution is 2.31. The molecule has 0 radical (unpaired) electrons. The van der Waals surface area contributed by atoms with Crippen LogP contribution >= 0.6 is 15.9 Å². The van der Waals surface area contributed by atoms with Crippen LogP contribution in [0.25, 0.3) is 11.0 Å². The maximum absolute atomic E-state index is 11.7. The zero-order chi connectivity index (χ0) is 13.6. The standard InChI is InChI=1S/C10H11BrN4O4/c11-7-6-8(12-3-13-9(6)18)15(14-7)10-5(17)1-4(2-16)19-10/h3-5,10,16-17H,1-2H2,(H,12,13,18)/t4-,5+,10+/m0/s1. The van der Waals surface area contributed by atoms with E-state index < -0.39 is 18.4 Å². The lowest BCUT2D eigenvalue weighted by molar-refractivity contribution is -0.0550. The third-order valence-electron chi connectivity index (χ3n) is 3.06. The maximum Gasteiger partial charge on any atom is 0.263 e. The van der Waals surface area contributed by atoms with E-state index in [9.17, 15) is 9.90 Å². The normalized spacial score (nSPS) is 27.2. The number of fused-ring (bicyclic) bond motifs is 1. The summed E-state index contributed by atoms with van der Waals surface area (Å²) in [6, 6.07) is 0. The number of ether oxygens (including phenoxy) is 1. The Hall–Kier alpha value is -1.29. The number of aliphatic hydroxyl groups is 2. The first kappa shape index (κ1) is 12.7. The Bertz CT molecular complexity index is 669. The molecule has 0 aliphatic carbocycles. The lowest BCUT2D eigenvalue weighted by Gasteiger charge is -2.15. The molecule has 2 aromatic heterocycles. The first-order chi connectivity index (χ1) is 9.11. The number of H-pyrrole nitrogens is 1. The Morgan fingerprint density at radius 1 is 1.63 bits per heavy atom. The summed E-state index contributed by atoms with van der Waals surface area (Å²) in [5, 5.41) is 23.5. The summed E-state index contributed by atoms with van der Waals surface area (Å²) < 4.78 is 7.19. The van der Waals surface area contributed by atoms with Crippen LogP contribution in [0.5, 0.6) is 0 Å². The van der Waals surface area contributed by atoms with Crippen LogP contribution in [0.15, 0.2) is 15.7 Å². The topological polar surface area (TPSA) is 113 Å². The summed E-state index contributed by atoms with van der Waals surface area (Å²) in [6.45, 7) is -0.179. The fourth-order valence-electron chi connectivity index (χ4n) is 2.19. The predicted octanol–water partition coefficient (Wildman–Crippen LogP) is -0.477. The van der Waals surface area contributed by atoms with Crippen molar-refractivity contribution in [3.05, 3.63) is 21.3 Å². The van der Waals surface area contributed by atoms with Gasteiger partial charge in [0.2, 0.25) is 0 Å². The molecular formula is C10H11BrN4O4. The van der Waals surface area contributed by atoms with Crippen molar-refractivity contribution in [1.82, 2.24) is 19.7 Å². The van der Waals surface area contributed by atoms with E-state index in [1.54, 1.807) is 0 Å². The van der Waals surface area contributed by atoms with E-state index in [0.29, 0.717) is 22.1 Å². The number of hydrogen-bond donors (Lipinski definition) is 3. The zero-order valence-corrected chi connectivity index (χ0v) is 11.2. The molecule has 1 fully saturated rings. The number of hydrogen-bond acceptors (Lipinski definition) is 6. The summed E-state index contributed by atoms with van der Waals surface area (Å²) in [7, 11) is 0. The Kier molecular flexibility index (Phi) is 3.13. The molecule has 3 N–H and O–H groups in total. The lowest BCUT2D eigenvalue weighted by Crippen LogP contribution is -2.21. The van der Waals surface area contributed by atoms with Gasteiger partial charge in [0.15, 0.2) is 11.9 Å². The highest BCUT2D eigenvalue weighted by Gasteiger charge is 2.37. The van der Waals surface area contributed by atoms with Gasteiger partial charge in [-0.3, -0.25) is 4.79 Å². The number of aromatic nitrogens is 4. The second kappa shape index (κ2) is 4.67. The van der Waals surface area contributed by atoms with Gasteiger partial charge in [-0.1, -0.05) is 0 Å². The minimum absolute atomic E-state index is 0.179. The van der Waals surface area contributed by atoms with Gasteiger partial charge in [-0.25, -0.2) is 9.67 Å². The molecule has 0 bridgehead atoms. The second-order valence-corrected chi connectivity index (χ2v) is 5.05. The van der Waals surface area contributed by atoms with Crippen LogP contribution in [-0.4, -0.2) is 48.8 Å². The highest BCUT2D eigenvalue weighted by molar-refractivity contribution is 9.10. The van der Waals surface area contributed by atoms with Crippen LogP contribution in [0.1, 0.15) is 12.6 Å². The summed E-state index contributed by atoms with van der Waals surface area (Å²) in [4.78, 5) is 18.2. The fraction of sp³-hybridized carbons (Fsp3) is 0.500. The molecule has 3 heterocycles. The van der Waals surface area contributed by atoms with Gasteiger partial charge in [0.1, 0.15) is 16.1 Å². The van der Waals surface area contributed by atoms with Crippen molar-refractivity contribution in [2.45, 2.75) is 24.9 Å². The van der Waals surface area contributed by atoms with Gasteiger partial charge in [-0.05, 0) is 15.9 Å². The van der Waals surface area contributed by atoms with E-state index in [1.165, 1.54) is 11.0 Å². The van der Waals surface area contributed by atoms with Crippen LogP contribution in [0, 0.1) is 0 Å². The largest absolute Gasteiger partial charge is 0.394 e. The highest BCUT2D eigenvalue weighted by atomic mass is 79.9. The Labute approximate surface area is 115 Å². The van der Waals surface area contributed by atoms with Gasteiger partial charge in [0, 0.05) is 6.42 Å². The number of rotatable bonds is 2. The summed E-state index contributed by atoms with van der Waals surface area (Å²) in [6.07, 6.45) is -0.447. The molecule has 1 aliphatic heterocycles. The molecule has 1 saturated heterocycles. The van der Waals surface area contributed by atoms with Crippen LogP contribution in [-0.2, 0) is 4.74 Å². The summed E-state index contributed by atoms with van der Waals surface area (Å²) in [5.74, 6) is 0. The van der Waals surface area contributed by atoms with E-state index in [-0.39, 0.29) is 12.2 Å². The molecule has 0 spiro atoms. The van der Waals surface area contributed by atoms with Gasteiger partial charge < -0.3 is 19.9 Å². The van der Waals surface area contributed by atoms with E-state index in [1.807, 2.05) is 0 Å². The first-order valence-electron chi connectivity index (χ1n) is 5.67. The smallest absolute Gasteiger partial charge is 0.263 e. The molecule has 1 aliphatic rings. The monoisotopic (exact) mass is 330 g/mol. The van der Waals surface area contributed by atoms with Crippen LogP contribution in [0.2, 0.25) is 0 Å². The molecule has 2 aromatic rings. The quantitative estimate of drug-likeness (QED) is 0.685. The summed E-state index contributed by atoms with van der Waals surface area (Å²) >= 11 is 3.19. The third-order valence-corrected chi connectivity index (χ3v) is 3.62. The molecule has 0 aromatic carbocycles. The molecule has 19 heavy (non-hydrogen) atoms. The van der Waals surface area contributed by atoms with E-state index in [0.717, 1.165) is 0 Å². The van der Waals surface area contributed by atoms with E-state index >= 15 is 0 Å². The lowest BCUT2D eigenvalue weighted by atomic mass is 10.2. The van der Waals surface area contributed by atoms with E-state index in [4.69, 9.17) is 9.84 Å². The van der Waals surface area contributed by atoms with Gasteiger partial charge in [0.25, 0.3) is 5.56 Å². The average Bonchev–Trinajstić information content (AvgIpc) is 2.91. The van der Waals surface area contributed by atoms with Crippen LogP contribution < -0.4 is 5.56 Å². The van der Waals surface area contributed by atoms with Gasteiger partial charge in [0.05, 0.1) is 19.0 Å². The molecule has 0 unspecified atom stereocenters. The molecule has 102 valence electrons. The van der Waals surface area contributed by atoms with Gasteiger partial charge in [-0.15, -0.1) is 0 Å². The third kappa shape index (κ3) is 1.98. The van der Waals surface area contributed by atoms with Crippen molar-refractivity contribution < 1.29 is 14.9 Å². The van der Waals surface area contributed by atoms with Crippen molar-refractivity contribution >= 4 is 27.0 Å². The number of aromatic amines is 1. The van der Waals surface area contributed by atoms with Crippen molar-refractivity contribution in [2.75, 3.05) is 6.61 Å². The predicted molar refractivity (Wildman–Crippen MR) is 67.5 cm³/mol. The molecule has 3 rings (SSSR count). The van der Waals surface area contributed by atoms with Crippen LogP contribution in [0.3, 0.4) is 0 Å². The Morgan fingerprint density at radius 2 is 2.42 bits per heavy atom. The SMILES string of the molecule is O=c1[nH]cnc2c1c(Br)nn2[C@@H]1O[C@H](CO)C[C@H]1O. The first-order valence-corrected chi connectivity index (χ1v) is 6.47. The van der Waals surface area contributed by atoms with Gasteiger partial charge >= 0.3 is 0 Å². The second-order valence-electron chi connectivity index (χ2n) is 4.30. The molecular weight excluding hydrogens is 320 g/mol. The minimum Gasteiger partial charge on any atom is -0.394 e. The Morgan fingerprint density at radius 3 is 3.11 bits per heavy atom. The number of nitrogens with one attached hydrogen (secondary N) is 1. The molecule has 0 saturated carbocycles. The van der Waals surface area contributed by atoms with Crippen LogP contribution in [0.4, 0.5) is 0 Å². The van der Waals surface area contributed by atoms with Crippen molar-refractivity contribution in [2.24, 2.45) is 0 Å². The fourth-order valence-corrected chi connectivity index (χ4v) is 2.71. The molecule has 9 heteroatoms. The Balaban J connectivity index is 2.12. The zero-order valence-electron chi connectivity index (χ0n) is 9.65. The average molecular weight is 331 g/mol. The van der Waals surface area contributed by atoms with Crippen molar-refractivity contribution in [3.8, 4) is 0 Å². The van der Waals surface area contributed by atoms with E-state index in [2.05, 4.69) is 31.0 Å². The van der Waals surface area contributed by atoms with Gasteiger partial charge in [-0.2, -0.15) is 5.10 Å². The molecule has 0 amide bonds.